The number of hydrogen-bond donors (Lipinski definition) is 1. The number of pyridine rings is 1. The second-order valence-corrected chi connectivity index (χ2v) is 6.14. The fourth-order valence-electron chi connectivity index (χ4n) is 2.81. The molecule has 0 bridgehead atoms. The van der Waals surface area contributed by atoms with Crippen molar-refractivity contribution in [3.8, 4) is 11.1 Å². The number of aryl methyl sites for hydroxylation is 1. The average Bonchev–Trinajstić information content (AvgIpc) is 2.67. The van der Waals surface area contributed by atoms with Gasteiger partial charge in [0, 0.05) is 16.1 Å². The molecule has 1 heterocycles. The van der Waals surface area contributed by atoms with Crippen LogP contribution in [0.4, 0.5) is 0 Å². The minimum Gasteiger partial charge on any atom is -0.465 e. The van der Waals surface area contributed by atoms with E-state index in [9.17, 15) is 9.59 Å². The third-order valence-electron chi connectivity index (χ3n) is 3.94. The van der Waals surface area contributed by atoms with Gasteiger partial charge in [-0.2, -0.15) is 0 Å². The Morgan fingerprint density at radius 3 is 2.50 bits per heavy atom. The number of esters is 2. The Kier molecular flexibility index (Phi) is 7.92. The summed E-state index contributed by atoms with van der Waals surface area (Å²) in [6.45, 7) is 3.30. The molecule has 0 aliphatic carbocycles. The van der Waals surface area contributed by atoms with Gasteiger partial charge in [0.25, 0.3) is 0 Å². The van der Waals surface area contributed by atoms with Crippen LogP contribution in [0.5, 0.6) is 0 Å². The van der Waals surface area contributed by atoms with Gasteiger partial charge in [0.15, 0.2) is 0 Å². The van der Waals surface area contributed by atoms with Crippen LogP contribution in [-0.4, -0.2) is 49.0 Å². The van der Waals surface area contributed by atoms with Crippen LogP contribution in [0.1, 0.15) is 39.0 Å². The van der Waals surface area contributed by atoms with Crippen molar-refractivity contribution in [1.29, 1.82) is 0 Å². The lowest BCUT2D eigenvalue weighted by molar-refractivity contribution is 0.0511. The summed E-state index contributed by atoms with van der Waals surface area (Å²) >= 11 is 6.37. The summed E-state index contributed by atoms with van der Waals surface area (Å²) in [4.78, 5) is 29.7. The Bertz CT molecular complexity index is 868. The third kappa shape index (κ3) is 4.67. The van der Waals surface area contributed by atoms with Gasteiger partial charge in [0.1, 0.15) is 0 Å². The number of aliphatic hydroxyl groups excluding tert-OH is 1. The molecular formula is C20H22ClNO6. The summed E-state index contributed by atoms with van der Waals surface area (Å²) in [5.74, 6) is -1.30. The molecule has 8 heteroatoms. The molecule has 0 fully saturated rings. The van der Waals surface area contributed by atoms with Gasteiger partial charge in [0.05, 0.1) is 56.1 Å². The number of hydrogen-bond acceptors (Lipinski definition) is 7. The van der Waals surface area contributed by atoms with Gasteiger partial charge in [0.2, 0.25) is 0 Å². The number of ether oxygens (including phenoxy) is 3. The molecule has 0 spiro atoms. The van der Waals surface area contributed by atoms with Crippen molar-refractivity contribution in [3.05, 3.63) is 51.8 Å². The molecule has 150 valence electrons. The third-order valence-corrected chi connectivity index (χ3v) is 4.27. The number of methoxy groups -OCH3 is 1. The first-order valence-electron chi connectivity index (χ1n) is 8.68. The van der Waals surface area contributed by atoms with Gasteiger partial charge in [-0.15, -0.1) is 0 Å². The highest BCUT2D eigenvalue weighted by molar-refractivity contribution is 6.34. The fourth-order valence-corrected chi connectivity index (χ4v) is 3.04. The smallest absolute Gasteiger partial charge is 0.340 e. The van der Waals surface area contributed by atoms with Crippen molar-refractivity contribution in [2.75, 3.05) is 26.9 Å². The largest absolute Gasteiger partial charge is 0.465 e. The molecule has 0 aliphatic rings. The minimum absolute atomic E-state index is 0.0472. The zero-order valence-electron chi connectivity index (χ0n) is 16.0. The number of benzene rings is 1. The highest BCUT2D eigenvalue weighted by Gasteiger charge is 2.29. The lowest BCUT2D eigenvalue weighted by Crippen LogP contribution is -2.19. The summed E-state index contributed by atoms with van der Waals surface area (Å²) in [5, 5.41) is 9.32. The molecule has 0 atom stereocenters. The predicted molar refractivity (Wildman–Crippen MR) is 103 cm³/mol. The van der Waals surface area contributed by atoms with E-state index in [4.69, 9.17) is 30.9 Å². The van der Waals surface area contributed by atoms with Crippen LogP contribution in [0.15, 0.2) is 24.3 Å². The van der Waals surface area contributed by atoms with Gasteiger partial charge in [-0.3, -0.25) is 4.98 Å². The van der Waals surface area contributed by atoms with Gasteiger partial charge >= 0.3 is 11.9 Å². The van der Waals surface area contributed by atoms with Gasteiger partial charge < -0.3 is 19.3 Å². The minimum atomic E-state index is -0.655. The van der Waals surface area contributed by atoms with Crippen LogP contribution in [-0.2, 0) is 20.8 Å². The molecule has 0 aliphatic heterocycles. The van der Waals surface area contributed by atoms with E-state index in [1.54, 1.807) is 38.1 Å². The lowest BCUT2D eigenvalue weighted by Gasteiger charge is -2.19. The molecule has 0 unspecified atom stereocenters. The van der Waals surface area contributed by atoms with E-state index in [-0.39, 0.29) is 48.8 Å². The van der Waals surface area contributed by atoms with Gasteiger partial charge in [-0.1, -0.05) is 29.8 Å². The van der Waals surface area contributed by atoms with Crippen LogP contribution in [0, 0.1) is 6.92 Å². The first kappa shape index (κ1) is 21.8. The number of halogens is 1. The van der Waals surface area contributed by atoms with Crippen LogP contribution >= 0.6 is 11.6 Å². The maximum atomic E-state index is 12.8. The van der Waals surface area contributed by atoms with Gasteiger partial charge in [-0.05, 0) is 19.9 Å². The van der Waals surface area contributed by atoms with Crippen molar-refractivity contribution < 1.29 is 28.9 Å². The highest BCUT2D eigenvalue weighted by Crippen LogP contribution is 2.36. The van der Waals surface area contributed by atoms with E-state index in [0.29, 0.717) is 16.3 Å². The molecule has 1 aromatic heterocycles. The Morgan fingerprint density at radius 1 is 1.18 bits per heavy atom. The molecule has 1 N–H and O–H groups in total. The molecule has 1 aromatic carbocycles. The number of aliphatic hydroxyl groups is 1. The summed E-state index contributed by atoms with van der Waals surface area (Å²) in [6.07, 6.45) is 0. The van der Waals surface area contributed by atoms with Crippen molar-refractivity contribution in [2.24, 2.45) is 0 Å². The molecule has 0 amide bonds. The molecule has 0 radical (unpaired) electrons. The van der Waals surface area contributed by atoms with E-state index in [1.807, 2.05) is 0 Å². The number of carbonyl (C=O) groups is 2. The van der Waals surface area contributed by atoms with E-state index in [1.165, 1.54) is 7.11 Å². The summed E-state index contributed by atoms with van der Waals surface area (Å²) in [5.41, 5.74) is 1.61. The molecule has 2 rings (SSSR count). The van der Waals surface area contributed by atoms with Crippen LogP contribution in [0.2, 0.25) is 5.02 Å². The average molecular weight is 408 g/mol. The maximum Gasteiger partial charge on any atom is 0.340 e. The SMILES string of the molecule is CCOC(=O)c1c(COCCO)nc(C)c(C(=O)OC)c1-c1ccccc1Cl. The maximum absolute atomic E-state index is 12.8. The lowest BCUT2D eigenvalue weighted by atomic mass is 9.92. The van der Waals surface area contributed by atoms with E-state index in [2.05, 4.69) is 4.98 Å². The standard InChI is InChI=1S/C20H22ClNO6/c1-4-28-20(25)18-15(11-27-10-9-23)22-12(2)16(19(24)26-3)17(18)13-7-5-6-8-14(13)21/h5-8,23H,4,9-11H2,1-3H3. The van der Waals surface area contributed by atoms with Crippen LogP contribution in [0.3, 0.4) is 0 Å². The Hall–Kier alpha value is -2.48. The Morgan fingerprint density at radius 2 is 1.89 bits per heavy atom. The van der Waals surface area contributed by atoms with E-state index in [0.717, 1.165) is 0 Å². The first-order valence-corrected chi connectivity index (χ1v) is 9.06. The summed E-state index contributed by atoms with van der Waals surface area (Å²) < 4.78 is 15.5. The molecule has 7 nitrogen and oxygen atoms in total. The summed E-state index contributed by atoms with van der Waals surface area (Å²) in [6, 6.07) is 6.84. The Labute approximate surface area is 168 Å². The zero-order valence-corrected chi connectivity index (χ0v) is 16.7. The first-order chi connectivity index (χ1) is 13.5. The number of rotatable bonds is 8. The zero-order chi connectivity index (χ0) is 20.7. The van der Waals surface area contributed by atoms with E-state index >= 15 is 0 Å². The monoisotopic (exact) mass is 407 g/mol. The quantitative estimate of drug-likeness (QED) is 0.530. The van der Waals surface area contributed by atoms with Crippen molar-refractivity contribution >= 4 is 23.5 Å². The fraction of sp³-hybridized carbons (Fsp3) is 0.350. The van der Waals surface area contributed by atoms with Crippen LogP contribution < -0.4 is 0 Å². The highest BCUT2D eigenvalue weighted by atomic mass is 35.5. The van der Waals surface area contributed by atoms with E-state index < -0.39 is 11.9 Å². The van der Waals surface area contributed by atoms with Crippen molar-refractivity contribution in [1.82, 2.24) is 4.98 Å². The van der Waals surface area contributed by atoms with Crippen molar-refractivity contribution in [2.45, 2.75) is 20.5 Å². The molecule has 0 saturated carbocycles. The van der Waals surface area contributed by atoms with Gasteiger partial charge in [-0.25, -0.2) is 9.59 Å². The molecule has 2 aromatic rings. The second kappa shape index (κ2) is 10.2. The molecule has 28 heavy (non-hydrogen) atoms. The molecule has 0 saturated heterocycles. The second-order valence-electron chi connectivity index (χ2n) is 5.74. The summed E-state index contributed by atoms with van der Waals surface area (Å²) in [7, 11) is 1.25. The topological polar surface area (TPSA) is 95.0 Å². The van der Waals surface area contributed by atoms with Crippen LogP contribution in [0.25, 0.3) is 11.1 Å². The Balaban J connectivity index is 2.86. The van der Waals surface area contributed by atoms with Crippen molar-refractivity contribution in [3.63, 3.8) is 0 Å². The predicted octanol–water partition coefficient (Wildman–Crippen LogP) is 3.18. The molecular weight excluding hydrogens is 386 g/mol. The number of carbonyl (C=O) groups excluding carboxylic acids is 2. The number of aromatic nitrogens is 1. The number of nitrogens with zero attached hydrogens (tertiary/aromatic N) is 1. The normalized spacial score (nSPS) is 10.6.